The molecular formula is C19H24N4O3. The summed E-state index contributed by atoms with van der Waals surface area (Å²) in [4.78, 5) is 31.7. The van der Waals surface area contributed by atoms with Gasteiger partial charge in [0.15, 0.2) is 0 Å². The average Bonchev–Trinajstić information content (AvgIpc) is 2.67. The van der Waals surface area contributed by atoms with Crippen LogP contribution < -0.4 is 10.9 Å². The number of hydrogen-bond donors (Lipinski definition) is 3. The summed E-state index contributed by atoms with van der Waals surface area (Å²) in [6.45, 7) is 1.45. The molecule has 1 unspecified atom stereocenters. The zero-order valence-corrected chi connectivity index (χ0v) is 14.6. The number of nitrogens with one attached hydrogen (secondary N) is 2. The van der Waals surface area contributed by atoms with Crippen LogP contribution in [0.15, 0.2) is 47.5 Å². The molecule has 1 fully saturated rings. The van der Waals surface area contributed by atoms with Gasteiger partial charge in [0.2, 0.25) is 0 Å². The van der Waals surface area contributed by atoms with Gasteiger partial charge >= 0.3 is 6.03 Å². The third kappa shape index (κ3) is 4.92. The van der Waals surface area contributed by atoms with Crippen LogP contribution in [-0.4, -0.2) is 45.2 Å². The van der Waals surface area contributed by atoms with Crippen LogP contribution in [0.3, 0.4) is 0 Å². The van der Waals surface area contributed by atoms with Crippen molar-refractivity contribution in [2.75, 3.05) is 13.1 Å². The highest BCUT2D eigenvalue weighted by molar-refractivity contribution is 5.74. The first-order valence-corrected chi connectivity index (χ1v) is 8.90. The highest BCUT2D eigenvalue weighted by atomic mass is 16.3. The lowest BCUT2D eigenvalue weighted by Gasteiger charge is -2.34. The molecule has 0 bridgehead atoms. The van der Waals surface area contributed by atoms with Gasteiger partial charge in [0.1, 0.15) is 0 Å². The van der Waals surface area contributed by atoms with E-state index in [1.54, 1.807) is 4.90 Å². The van der Waals surface area contributed by atoms with Crippen molar-refractivity contribution in [2.45, 2.75) is 31.9 Å². The number of aliphatic hydroxyl groups excluding tert-OH is 1. The fourth-order valence-corrected chi connectivity index (χ4v) is 3.29. The summed E-state index contributed by atoms with van der Waals surface area (Å²) < 4.78 is 0. The maximum atomic E-state index is 12.3. The molecule has 0 spiro atoms. The molecule has 3 N–H and O–H groups in total. The van der Waals surface area contributed by atoms with E-state index >= 15 is 0 Å². The van der Waals surface area contributed by atoms with Gasteiger partial charge in [0, 0.05) is 19.2 Å². The van der Waals surface area contributed by atoms with Gasteiger partial charge in [-0.05, 0) is 30.7 Å². The molecule has 0 radical (unpaired) electrons. The number of aromatic amines is 1. The fraction of sp³-hybridized carbons (Fsp3) is 0.421. The minimum atomic E-state index is -0.386. The molecule has 1 aromatic carbocycles. The molecule has 2 heterocycles. The van der Waals surface area contributed by atoms with Gasteiger partial charge in [-0.3, -0.25) is 4.79 Å². The van der Waals surface area contributed by atoms with Gasteiger partial charge in [0.25, 0.3) is 5.56 Å². The monoisotopic (exact) mass is 356 g/mol. The number of carbonyl (C=O) groups is 1. The number of rotatable bonds is 5. The number of aromatic nitrogens is 2. The van der Waals surface area contributed by atoms with E-state index in [1.807, 2.05) is 30.3 Å². The average molecular weight is 356 g/mol. The number of aliphatic hydroxyl groups is 1. The van der Waals surface area contributed by atoms with Crippen LogP contribution in [0.25, 0.3) is 0 Å². The molecule has 3 rings (SSSR count). The molecule has 1 saturated heterocycles. The van der Waals surface area contributed by atoms with Gasteiger partial charge in [-0.1, -0.05) is 30.3 Å². The first-order valence-electron chi connectivity index (χ1n) is 8.90. The number of urea groups is 1. The molecule has 138 valence electrons. The molecule has 1 atom stereocenters. The number of amides is 2. The third-order valence-electron chi connectivity index (χ3n) is 4.81. The van der Waals surface area contributed by atoms with Crippen molar-refractivity contribution in [3.63, 3.8) is 0 Å². The maximum Gasteiger partial charge on any atom is 0.317 e. The van der Waals surface area contributed by atoms with Crippen molar-refractivity contribution >= 4 is 6.03 Å². The molecule has 26 heavy (non-hydrogen) atoms. The topological polar surface area (TPSA) is 98.3 Å². The summed E-state index contributed by atoms with van der Waals surface area (Å²) in [6.07, 6.45) is 3.15. The lowest BCUT2D eigenvalue weighted by molar-refractivity contribution is 0.0671. The largest absolute Gasteiger partial charge is 0.392 e. The van der Waals surface area contributed by atoms with E-state index in [1.165, 1.54) is 12.4 Å². The first kappa shape index (κ1) is 18.1. The molecule has 0 saturated carbocycles. The standard InChI is InChI=1S/C19H24N4O3/c24-17(10-14-4-2-1-3-5-14)15-6-8-23(9-7-15)19(26)20-12-16-11-18(25)22-13-21-16/h1-5,11,13,15,17,24H,6-10,12H2,(H,20,26)(H,21,22,25). The Bertz CT molecular complexity index is 770. The lowest BCUT2D eigenvalue weighted by atomic mass is 9.88. The van der Waals surface area contributed by atoms with E-state index in [9.17, 15) is 14.7 Å². The normalized spacial score (nSPS) is 16.3. The Balaban J connectivity index is 1.44. The Morgan fingerprint density at radius 2 is 2.04 bits per heavy atom. The molecule has 1 aliphatic heterocycles. The Hall–Kier alpha value is -2.67. The second kappa shape index (κ2) is 8.62. The van der Waals surface area contributed by atoms with Crippen LogP contribution in [0.4, 0.5) is 4.79 Å². The second-order valence-corrected chi connectivity index (χ2v) is 6.64. The Labute approximate surface area is 152 Å². The number of likely N-dealkylation sites (tertiary alicyclic amines) is 1. The highest BCUT2D eigenvalue weighted by Crippen LogP contribution is 2.23. The number of carbonyl (C=O) groups excluding carboxylic acids is 1. The number of hydrogen-bond acceptors (Lipinski definition) is 4. The predicted octanol–water partition coefficient (Wildman–Crippen LogP) is 1.30. The van der Waals surface area contributed by atoms with Crippen molar-refractivity contribution in [3.8, 4) is 0 Å². The van der Waals surface area contributed by atoms with Gasteiger partial charge < -0.3 is 20.3 Å². The second-order valence-electron chi connectivity index (χ2n) is 6.64. The third-order valence-corrected chi connectivity index (χ3v) is 4.81. The maximum absolute atomic E-state index is 12.3. The summed E-state index contributed by atoms with van der Waals surface area (Å²) in [7, 11) is 0. The van der Waals surface area contributed by atoms with E-state index in [2.05, 4.69) is 15.3 Å². The molecule has 0 aliphatic carbocycles. The Morgan fingerprint density at radius 3 is 2.73 bits per heavy atom. The summed E-state index contributed by atoms with van der Waals surface area (Å²) in [6, 6.07) is 11.2. The predicted molar refractivity (Wildman–Crippen MR) is 97.5 cm³/mol. The first-order chi connectivity index (χ1) is 12.6. The summed E-state index contributed by atoms with van der Waals surface area (Å²) >= 11 is 0. The van der Waals surface area contributed by atoms with Gasteiger partial charge in [-0.2, -0.15) is 0 Å². The van der Waals surface area contributed by atoms with E-state index in [0.29, 0.717) is 25.2 Å². The lowest BCUT2D eigenvalue weighted by Crippen LogP contribution is -2.46. The molecule has 1 aromatic heterocycles. The van der Waals surface area contributed by atoms with E-state index < -0.39 is 0 Å². The number of nitrogens with zero attached hydrogens (tertiary/aromatic N) is 2. The molecule has 2 amide bonds. The Morgan fingerprint density at radius 1 is 1.31 bits per heavy atom. The zero-order chi connectivity index (χ0) is 18.4. The summed E-state index contributed by atoms with van der Waals surface area (Å²) in [5, 5.41) is 13.3. The van der Waals surface area contributed by atoms with E-state index in [0.717, 1.165) is 18.4 Å². The fourth-order valence-electron chi connectivity index (χ4n) is 3.29. The van der Waals surface area contributed by atoms with Gasteiger partial charge in [-0.15, -0.1) is 0 Å². The van der Waals surface area contributed by atoms with Crippen molar-refractivity contribution in [3.05, 3.63) is 64.3 Å². The minimum Gasteiger partial charge on any atom is -0.392 e. The molecule has 7 nitrogen and oxygen atoms in total. The van der Waals surface area contributed by atoms with Crippen molar-refractivity contribution in [1.29, 1.82) is 0 Å². The van der Waals surface area contributed by atoms with Crippen LogP contribution in [0.5, 0.6) is 0 Å². The summed E-state index contributed by atoms with van der Waals surface area (Å²) in [5.41, 5.74) is 1.42. The van der Waals surface area contributed by atoms with Crippen molar-refractivity contribution in [1.82, 2.24) is 20.2 Å². The molecular weight excluding hydrogens is 332 g/mol. The number of H-pyrrole nitrogens is 1. The van der Waals surface area contributed by atoms with Crippen LogP contribution >= 0.6 is 0 Å². The van der Waals surface area contributed by atoms with Crippen molar-refractivity contribution in [2.24, 2.45) is 5.92 Å². The van der Waals surface area contributed by atoms with Gasteiger partial charge in [0.05, 0.1) is 24.7 Å². The van der Waals surface area contributed by atoms with Crippen LogP contribution in [0.1, 0.15) is 24.1 Å². The Kier molecular flexibility index (Phi) is 6.01. The molecule has 1 aliphatic rings. The molecule has 7 heteroatoms. The highest BCUT2D eigenvalue weighted by Gasteiger charge is 2.27. The van der Waals surface area contributed by atoms with E-state index in [4.69, 9.17) is 0 Å². The van der Waals surface area contributed by atoms with Crippen molar-refractivity contribution < 1.29 is 9.90 Å². The smallest absolute Gasteiger partial charge is 0.317 e. The zero-order valence-electron chi connectivity index (χ0n) is 14.6. The SMILES string of the molecule is O=C(NCc1cc(=O)[nH]cn1)N1CCC(C(O)Cc2ccccc2)CC1. The van der Waals surface area contributed by atoms with Crippen LogP contribution in [-0.2, 0) is 13.0 Å². The number of benzene rings is 1. The van der Waals surface area contributed by atoms with E-state index in [-0.39, 0.29) is 30.2 Å². The number of piperidine rings is 1. The minimum absolute atomic E-state index is 0.164. The van der Waals surface area contributed by atoms with Crippen LogP contribution in [0, 0.1) is 5.92 Å². The van der Waals surface area contributed by atoms with Gasteiger partial charge in [-0.25, -0.2) is 9.78 Å². The summed E-state index contributed by atoms with van der Waals surface area (Å²) in [5.74, 6) is 0.202. The molecule has 2 aromatic rings. The quantitative estimate of drug-likeness (QED) is 0.752. The van der Waals surface area contributed by atoms with Crippen LogP contribution in [0.2, 0.25) is 0 Å².